The van der Waals surface area contributed by atoms with E-state index in [1.807, 2.05) is 73.3 Å². The minimum absolute atomic E-state index is 0.0175. The van der Waals surface area contributed by atoms with E-state index in [4.69, 9.17) is 37.9 Å². The van der Waals surface area contributed by atoms with Crippen LogP contribution in [0.4, 0.5) is 4.79 Å². The Bertz CT molecular complexity index is 3020. The smallest absolute Gasteiger partial charge is 0.407 e. The average Bonchev–Trinajstić information content (AvgIpc) is 4.13. The first-order valence-electron chi connectivity index (χ1n) is 30.1. The number of benzene rings is 4. The number of hydrogen-bond acceptors (Lipinski definition) is 18. The van der Waals surface area contributed by atoms with E-state index in [9.17, 15) is 18.3 Å². The van der Waals surface area contributed by atoms with Crippen molar-refractivity contribution in [1.82, 2.24) is 55.0 Å². The van der Waals surface area contributed by atoms with Crippen LogP contribution in [0.15, 0.2) is 133 Å². The van der Waals surface area contributed by atoms with Crippen molar-refractivity contribution in [2.45, 2.75) is 129 Å². The van der Waals surface area contributed by atoms with Crippen molar-refractivity contribution in [1.29, 1.82) is 0 Å². The zero-order valence-corrected chi connectivity index (χ0v) is 54.2. The highest BCUT2D eigenvalue weighted by Gasteiger charge is 2.44. The van der Waals surface area contributed by atoms with Crippen LogP contribution >= 0.6 is 22.6 Å². The molecule has 478 valence electrons. The number of nitrogens with one attached hydrogen (secondary N) is 2. The molecule has 10 rings (SSSR count). The molecule has 0 radical (unpaired) electrons. The molecule has 0 aliphatic carbocycles. The lowest BCUT2D eigenvalue weighted by Crippen LogP contribution is -2.51. The normalized spacial score (nSPS) is 16.4. The fraction of sp³-hybridized carbons (Fsp3) is 0.508. The first kappa shape index (κ1) is 68.6. The van der Waals surface area contributed by atoms with Gasteiger partial charge in [0.15, 0.2) is 17.8 Å². The van der Waals surface area contributed by atoms with Gasteiger partial charge in [-0.05, 0) is 115 Å². The zero-order chi connectivity index (χ0) is 62.5. The van der Waals surface area contributed by atoms with E-state index in [2.05, 4.69) is 116 Å². The fourth-order valence-electron chi connectivity index (χ4n) is 9.65. The van der Waals surface area contributed by atoms with Gasteiger partial charge >= 0.3 is 6.09 Å². The number of ether oxygens (including phenoxy) is 8. The molecule has 23 nitrogen and oxygen atoms in total. The van der Waals surface area contributed by atoms with Crippen LogP contribution < -0.4 is 29.0 Å². The number of nitrogens with zero attached hydrogens (tertiary/aromatic N) is 9. The molecule has 25 heteroatoms. The highest BCUT2D eigenvalue weighted by Crippen LogP contribution is 2.36. The summed E-state index contributed by atoms with van der Waals surface area (Å²) >= 11 is 2.30. The monoisotopic (exact) mass is 1350 g/mol. The lowest BCUT2D eigenvalue weighted by atomic mass is 10.0. The molecule has 2 fully saturated rings. The number of carbonyl (C=O) groups is 1. The number of fused-ring (bicyclic) bond motifs is 2. The highest BCUT2D eigenvalue weighted by molar-refractivity contribution is 14.1. The number of H-pyrrole nitrogens is 1. The molecule has 7 aromatic rings. The lowest BCUT2D eigenvalue weighted by Gasteiger charge is -2.31. The summed E-state index contributed by atoms with van der Waals surface area (Å²) in [5.74, 6) is 4.69. The summed E-state index contributed by atoms with van der Waals surface area (Å²) in [5, 5.41) is 39.5. The number of hydrogen-bond donors (Lipinski definition) is 3. The number of aliphatic hydroxyl groups is 1. The van der Waals surface area contributed by atoms with E-state index in [-0.39, 0.29) is 55.9 Å². The van der Waals surface area contributed by atoms with E-state index in [1.165, 1.54) is 27.6 Å². The number of carbonyl (C=O) groups excluding carboxylic acids is 1. The number of halogens is 1. The summed E-state index contributed by atoms with van der Waals surface area (Å²) in [6.07, 6.45) is 13.2. The van der Waals surface area contributed by atoms with Gasteiger partial charge in [-0.25, -0.2) is 13.2 Å². The number of alkyl halides is 1. The Balaban J connectivity index is 0.000000209. The van der Waals surface area contributed by atoms with Crippen molar-refractivity contribution in [2.24, 2.45) is 23.7 Å². The minimum Gasteiger partial charge on any atom is -0.494 e. The molecule has 6 heterocycles. The van der Waals surface area contributed by atoms with Gasteiger partial charge in [-0.2, -0.15) is 34.7 Å². The van der Waals surface area contributed by atoms with E-state index in [0.29, 0.717) is 49.8 Å². The number of aliphatic hydroxyl groups excluding tert-OH is 1. The maximum atomic E-state index is 13.9. The molecule has 88 heavy (non-hydrogen) atoms. The van der Waals surface area contributed by atoms with Gasteiger partial charge in [-0.15, -0.1) is 5.10 Å². The SMILES string of the molecule is CC(C)CN(C[C@@H](O)[C@H](Cc1ccc(OCCCI)cc1)NC(=O)O[C@@H]1CO[C@H]2OCC[C@H]21)S(=O)(=O)c1ccc2c(c1)OCO2.CC(C)Cc1ccc(OCCCn2ccnn2)cc1.CC(C)Cc1ccc(OCCCn2nccn2)cc1.c1cn[nH]n1. The number of aryl methyl sites for hydroxylation is 2. The third-order valence-corrected chi connectivity index (χ3v) is 16.4. The van der Waals surface area contributed by atoms with E-state index < -0.39 is 34.4 Å². The van der Waals surface area contributed by atoms with Gasteiger partial charge in [0.05, 0.1) is 93.5 Å². The summed E-state index contributed by atoms with van der Waals surface area (Å²) < 4.78 is 76.5. The summed E-state index contributed by atoms with van der Waals surface area (Å²) in [6, 6.07) is 27.8. The minimum atomic E-state index is -4.05. The molecule has 3 aliphatic heterocycles. The molecule has 0 spiro atoms. The van der Waals surface area contributed by atoms with Gasteiger partial charge in [0, 0.05) is 49.2 Å². The van der Waals surface area contributed by atoms with Gasteiger partial charge < -0.3 is 48.3 Å². The van der Waals surface area contributed by atoms with Crippen molar-refractivity contribution in [2.75, 3.05) is 57.3 Å². The third kappa shape index (κ3) is 23.6. The Hall–Kier alpha value is -6.91. The quantitative estimate of drug-likeness (QED) is 0.0224. The number of aromatic nitrogens is 9. The predicted octanol–water partition coefficient (Wildman–Crippen LogP) is 9.42. The molecular weight excluding hydrogens is 1260 g/mol. The van der Waals surface area contributed by atoms with Crippen LogP contribution in [0.3, 0.4) is 0 Å². The predicted molar refractivity (Wildman–Crippen MR) is 339 cm³/mol. The molecular formula is C63H86IN11O12S. The standard InChI is InChI=1S/C31H41IN2O10S.2C15H21N3O.C2H3N3/c1-20(2)16-34(45(37,38)23-8-9-27-28(15-23)43-19-42-27)17-26(35)25(14-21-4-6-22(7-5-21)39-12-3-11-32)33-31(36)44-29-18-41-30-24(29)10-13-40-30;1-13(2)12-14-4-6-15(7-5-14)19-11-3-10-18-16-8-9-17-18;1-13(2)12-14-4-6-15(7-5-14)19-11-3-9-18-10-8-16-17-18;1-2-4-5-3-1/h4-9,15,20,24-26,29-30,35H,3,10-14,16-19H2,1-2H3,(H,33,36);4-9,13H,3,10-12H2,1-2H3;4-8,10,13H,3,9,11-12H2,1-2H3;1-2H,(H,3,4,5)/t24-,25-,26+,29+,30+;;;/m0.../s1. The van der Waals surface area contributed by atoms with E-state index in [1.54, 1.807) is 41.8 Å². The molecule has 0 saturated carbocycles. The first-order valence-corrected chi connectivity index (χ1v) is 33.1. The Morgan fingerprint density at radius 3 is 1.84 bits per heavy atom. The Morgan fingerprint density at radius 2 is 1.30 bits per heavy atom. The molecule has 5 atom stereocenters. The summed E-state index contributed by atoms with van der Waals surface area (Å²) in [6.45, 7) is 17.0. The molecule has 3 N–H and O–H groups in total. The summed E-state index contributed by atoms with van der Waals surface area (Å²) in [7, 11) is -4.05. The number of amides is 1. The van der Waals surface area contributed by atoms with Crippen LogP contribution in [0.1, 0.15) is 83.9 Å². The van der Waals surface area contributed by atoms with Gasteiger partial charge in [-0.1, -0.05) is 106 Å². The topological polar surface area (TPSA) is 264 Å². The van der Waals surface area contributed by atoms with Crippen LogP contribution in [0.2, 0.25) is 0 Å². The van der Waals surface area contributed by atoms with Crippen LogP contribution in [-0.2, 0) is 56.6 Å². The molecule has 2 saturated heterocycles. The molecule has 3 aromatic heterocycles. The van der Waals surface area contributed by atoms with Crippen molar-refractivity contribution in [3.05, 3.63) is 145 Å². The van der Waals surface area contributed by atoms with Crippen molar-refractivity contribution >= 4 is 38.7 Å². The second kappa shape index (κ2) is 36.5. The fourth-order valence-corrected chi connectivity index (χ4v) is 11.6. The Labute approximate surface area is 530 Å². The van der Waals surface area contributed by atoms with Crippen molar-refractivity contribution in [3.63, 3.8) is 0 Å². The van der Waals surface area contributed by atoms with Crippen LogP contribution in [-0.4, -0.2) is 151 Å². The number of rotatable bonds is 29. The molecule has 4 aromatic carbocycles. The van der Waals surface area contributed by atoms with E-state index in [0.717, 1.165) is 78.9 Å². The number of aromatic amines is 1. The maximum absolute atomic E-state index is 13.9. The molecule has 3 aliphatic rings. The lowest BCUT2D eigenvalue weighted by molar-refractivity contribution is -0.0907. The van der Waals surface area contributed by atoms with Gasteiger partial charge in [-0.3, -0.25) is 4.68 Å². The maximum Gasteiger partial charge on any atom is 0.407 e. The number of sulfonamides is 1. The van der Waals surface area contributed by atoms with Crippen molar-refractivity contribution < 1.29 is 56.2 Å². The summed E-state index contributed by atoms with van der Waals surface area (Å²) in [4.78, 5) is 14.9. The van der Waals surface area contributed by atoms with Gasteiger partial charge in [0.1, 0.15) is 23.4 Å². The van der Waals surface area contributed by atoms with Gasteiger partial charge in [0.25, 0.3) is 0 Å². The van der Waals surface area contributed by atoms with Crippen molar-refractivity contribution in [3.8, 4) is 28.7 Å². The zero-order valence-electron chi connectivity index (χ0n) is 51.2. The van der Waals surface area contributed by atoms with Crippen LogP contribution in [0, 0.1) is 23.7 Å². The third-order valence-electron chi connectivity index (χ3n) is 13.9. The Morgan fingerprint density at radius 1 is 0.716 bits per heavy atom. The second-order valence-electron chi connectivity index (χ2n) is 22.6. The van der Waals surface area contributed by atoms with E-state index >= 15 is 0 Å². The summed E-state index contributed by atoms with van der Waals surface area (Å²) in [5.41, 5.74) is 3.55. The van der Waals surface area contributed by atoms with Gasteiger partial charge in [0.2, 0.25) is 16.8 Å². The molecule has 0 unspecified atom stereocenters. The van der Waals surface area contributed by atoms with Crippen LogP contribution in [0.5, 0.6) is 28.7 Å². The number of alkyl carbamates (subject to hydrolysis) is 1. The second-order valence-corrected chi connectivity index (χ2v) is 25.6. The van der Waals surface area contributed by atoms with Crippen LogP contribution in [0.25, 0.3) is 0 Å². The average molecular weight is 1350 g/mol. The first-order chi connectivity index (χ1) is 42.6. The molecule has 0 bridgehead atoms. The highest BCUT2D eigenvalue weighted by atomic mass is 127. The largest absolute Gasteiger partial charge is 0.494 e. The Kier molecular flexibility index (Phi) is 28.5. The molecule has 1 amide bonds.